The molecule has 0 spiro atoms. The van der Waals surface area contributed by atoms with Gasteiger partial charge in [0.1, 0.15) is 11.3 Å². The van der Waals surface area contributed by atoms with Crippen molar-refractivity contribution in [2.45, 2.75) is 62.9 Å². The molecule has 0 aliphatic heterocycles. The van der Waals surface area contributed by atoms with E-state index in [1.165, 1.54) is 30.3 Å². The molecule has 1 aliphatic carbocycles. The molecule has 1 fully saturated rings. The van der Waals surface area contributed by atoms with Gasteiger partial charge in [-0.15, -0.1) is 0 Å². The van der Waals surface area contributed by atoms with E-state index in [2.05, 4.69) is 6.07 Å². The van der Waals surface area contributed by atoms with Crippen LogP contribution in [0.3, 0.4) is 0 Å². The summed E-state index contributed by atoms with van der Waals surface area (Å²) in [6, 6.07) is 14.4. The van der Waals surface area contributed by atoms with E-state index >= 15 is 0 Å². The Hall–Kier alpha value is -4.53. The van der Waals surface area contributed by atoms with Gasteiger partial charge in [-0.25, -0.2) is 35.2 Å². The van der Waals surface area contributed by atoms with Gasteiger partial charge in [0.25, 0.3) is 0 Å². The Labute approximate surface area is 295 Å². The zero-order valence-corrected chi connectivity index (χ0v) is 29.1. The van der Waals surface area contributed by atoms with Crippen LogP contribution in [-0.4, -0.2) is 41.4 Å². The van der Waals surface area contributed by atoms with E-state index in [0.29, 0.717) is 5.56 Å². The van der Waals surface area contributed by atoms with Crippen LogP contribution in [0, 0.1) is 29.1 Å². The summed E-state index contributed by atoms with van der Waals surface area (Å²) in [5.41, 5.74) is 1.77. The number of rotatable bonds is 11. The Morgan fingerprint density at radius 1 is 0.824 bits per heavy atom. The van der Waals surface area contributed by atoms with Crippen molar-refractivity contribution in [1.29, 1.82) is 0 Å². The predicted octanol–water partition coefficient (Wildman–Crippen LogP) is 8.04. The van der Waals surface area contributed by atoms with Crippen LogP contribution in [0.1, 0.15) is 72.1 Å². The third-order valence-corrected chi connectivity index (χ3v) is 10.5. The molecule has 270 valence electrons. The van der Waals surface area contributed by atoms with Crippen molar-refractivity contribution < 1.29 is 50.2 Å². The maximum absolute atomic E-state index is 15.0. The molecule has 0 heterocycles. The second kappa shape index (κ2) is 14.2. The largest absolute Gasteiger partial charge is 0.507 e. The summed E-state index contributed by atoms with van der Waals surface area (Å²) in [7, 11) is -5.65. The Morgan fingerprint density at radius 3 is 1.94 bits per heavy atom. The molecule has 51 heavy (non-hydrogen) atoms. The van der Waals surface area contributed by atoms with Crippen LogP contribution in [0.5, 0.6) is 5.75 Å². The number of nitrogens with zero attached hydrogens (tertiary/aromatic N) is 2. The zero-order valence-electron chi connectivity index (χ0n) is 27.5. The maximum Gasteiger partial charge on any atom is 0.339 e. The fourth-order valence-electron chi connectivity index (χ4n) is 5.47. The van der Waals surface area contributed by atoms with Crippen molar-refractivity contribution in [3.8, 4) is 5.75 Å². The number of aromatic hydroxyl groups is 1. The Bertz CT molecular complexity index is 2110. The fourth-order valence-corrected chi connectivity index (χ4v) is 7.08. The monoisotopic (exact) mass is 750 g/mol. The van der Waals surface area contributed by atoms with Crippen LogP contribution < -0.4 is 4.90 Å². The average molecular weight is 751 g/mol. The highest BCUT2D eigenvalue weighted by Gasteiger charge is 2.39. The molecule has 1 aliphatic rings. The van der Waals surface area contributed by atoms with Crippen LogP contribution in [0.4, 0.5) is 27.6 Å². The lowest BCUT2D eigenvalue weighted by atomic mass is 9.84. The molecule has 4 aromatic carbocycles. The van der Waals surface area contributed by atoms with Crippen LogP contribution >= 0.6 is 11.6 Å². The molecule has 1 saturated carbocycles. The summed E-state index contributed by atoms with van der Waals surface area (Å²) in [5, 5.41) is 20.2. The molecule has 0 atom stereocenters. The summed E-state index contributed by atoms with van der Waals surface area (Å²) in [6.45, 7) is 3.77. The van der Waals surface area contributed by atoms with Gasteiger partial charge < -0.3 is 15.1 Å². The Morgan fingerprint density at radius 2 is 1.41 bits per heavy atom. The first-order chi connectivity index (χ1) is 23.8. The molecule has 2 N–H and O–H groups in total. The Balaban J connectivity index is 1.63. The number of aromatic carboxylic acids is 1. The van der Waals surface area contributed by atoms with E-state index < -0.39 is 80.3 Å². The number of anilines is 1. The predicted molar refractivity (Wildman–Crippen MR) is 179 cm³/mol. The first-order valence-electron chi connectivity index (χ1n) is 15.6. The summed E-state index contributed by atoms with van der Waals surface area (Å²) >= 11 is 5.95. The van der Waals surface area contributed by atoms with Crippen molar-refractivity contribution in [2.75, 3.05) is 11.4 Å². The fraction of sp³-hybridized carbons (Fsp3) is 0.278. The molecule has 0 bridgehead atoms. The molecule has 8 nitrogen and oxygen atoms in total. The van der Waals surface area contributed by atoms with Crippen molar-refractivity contribution in [1.82, 2.24) is 4.31 Å². The molecule has 0 unspecified atom stereocenters. The molecule has 4 aromatic rings. The molecular formula is C36H32ClF5N2O6S. The highest BCUT2D eigenvalue weighted by Crippen LogP contribution is 2.42. The van der Waals surface area contributed by atoms with Gasteiger partial charge >= 0.3 is 5.97 Å². The number of carboxylic acids is 1. The number of phenols is 1. The van der Waals surface area contributed by atoms with Gasteiger partial charge in [-0.05, 0) is 70.7 Å². The lowest BCUT2D eigenvalue weighted by Crippen LogP contribution is -2.43. The summed E-state index contributed by atoms with van der Waals surface area (Å²) in [6.07, 6.45) is 1.91. The van der Waals surface area contributed by atoms with Gasteiger partial charge in [0.15, 0.2) is 28.2 Å². The van der Waals surface area contributed by atoms with E-state index in [1.54, 1.807) is 0 Å². The number of carbonyl (C=O) groups excluding carboxylic acids is 1. The highest BCUT2D eigenvalue weighted by molar-refractivity contribution is 7.89. The second-order valence-corrected chi connectivity index (χ2v) is 15.6. The number of hydrogen-bond acceptors (Lipinski definition) is 5. The van der Waals surface area contributed by atoms with Gasteiger partial charge in [-0.2, -0.15) is 4.31 Å². The van der Waals surface area contributed by atoms with Crippen molar-refractivity contribution >= 4 is 39.2 Å². The lowest BCUT2D eigenvalue weighted by Gasteiger charge is -2.29. The van der Waals surface area contributed by atoms with Crippen LogP contribution in [0.25, 0.3) is 0 Å². The topological polar surface area (TPSA) is 115 Å². The maximum atomic E-state index is 15.0. The highest BCUT2D eigenvalue weighted by atomic mass is 35.5. The van der Waals surface area contributed by atoms with Gasteiger partial charge in [0, 0.05) is 23.3 Å². The van der Waals surface area contributed by atoms with E-state index in [0.717, 1.165) is 41.0 Å². The third kappa shape index (κ3) is 8.03. The summed E-state index contributed by atoms with van der Waals surface area (Å²) in [4.78, 5) is 24.8. The SMILES string of the molecule is CC(C)(C)c1cc(CN(C(=O)CN(Cc2ccc(Cl)cc2)S(=O)(=O)c2c(F)c(F)c(F)c(F)c2F)c2ccc(C(=O)O)c(O)c2)cc(C2CC2)c1. The number of amides is 1. The van der Waals surface area contributed by atoms with E-state index in [-0.39, 0.29) is 38.5 Å². The number of halogens is 6. The average Bonchev–Trinajstić information content (AvgIpc) is 3.91. The smallest absolute Gasteiger partial charge is 0.339 e. The molecule has 0 aromatic heterocycles. The number of hydrogen-bond donors (Lipinski definition) is 2. The quantitative estimate of drug-likeness (QED) is 0.0912. The van der Waals surface area contributed by atoms with Crippen LogP contribution in [-0.2, 0) is 33.3 Å². The standard InChI is InChI=1S/C36H32ClF5N2O6S/c1-36(2,3)23-13-20(12-22(14-23)21-6-7-21)17-44(25-10-11-26(35(47)48)27(45)15-25)28(46)18-43(16-19-4-8-24(37)9-5-19)51(49,50)34-32(41)30(39)29(38)31(40)33(34)42/h4-5,8-15,21,45H,6-7,16-18H2,1-3H3,(H,47,48). The summed E-state index contributed by atoms with van der Waals surface area (Å²) in [5.74, 6) is -15.7. The summed E-state index contributed by atoms with van der Waals surface area (Å²) < 4.78 is 100. The second-order valence-electron chi connectivity index (χ2n) is 13.3. The molecule has 1 amide bonds. The van der Waals surface area contributed by atoms with Gasteiger partial charge in [0.2, 0.25) is 21.7 Å². The third-order valence-electron chi connectivity index (χ3n) is 8.45. The number of carboxylic acid groups (broad SMARTS) is 1. The number of carbonyl (C=O) groups is 2. The van der Waals surface area contributed by atoms with Crippen molar-refractivity contribution in [3.63, 3.8) is 0 Å². The number of benzene rings is 4. The molecule has 5 rings (SSSR count). The first kappa shape index (κ1) is 37.7. The van der Waals surface area contributed by atoms with Gasteiger partial charge in [0.05, 0.1) is 13.1 Å². The molecule has 0 saturated heterocycles. The van der Waals surface area contributed by atoms with Gasteiger partial charge in [-0.3, -0.25) is 4.79 Å². The van der Waals surface area contributed by atoms with Crippen molar-refractivity contribution in [3.05, 3.63) is 123 Å². The molecular weight excluding hydrogens is 719 g/mol. The van der Waals surface area contributed by atoms with Crippen LogP contribution in [0.15, 0.2) is 65.6 Å². The van der Waals surface area contributed by atoms with E-state index in [9.17, 15) is 50.2 Å². The number of sulfonamides is 1. The molecule has 15 heteroatoms. The van der Waals surface area contributed by atoms with Crippen molar-refractivity contribution in [2.24, 2.45) is 0 Å². The first-order valence-corrected chi connectivity index (χ1v) is 17.4. The van der Waals surface area contributed by atoms with E-state index in [4.69, 9.17) is 11.6 Å². The van der Waals surface area contributed by atoms with Crippen LogP contribution in [0.2, 0.25) is 5.02 Å². The minimum Gasteiger partial charge on any atom is -0.507 e. The minimum absolute atomic E-state index is 0.0725. The van der Waals surface area contributed by atoms with E-state index in [1.807, 2.05) is 32.9 Å². The zero-order chi connectivity index (χ0) is 37.6. The molecule has 0 radical (unpaired) electrons. The normalized spacial score (nSPS) is 13.5. The lowest BCUT2D eigenvalue weighted by molar-refractivity contribution is -0.119. The Kier molecular flexibility index (Phi) is 10.5. The van der Waals surface area contributed by atoms with Gasteiger partial charge in [-0.1, -0.05) is 62.7 Å². The minimum atomic E-state index is -5.65.